The molecule has 0 saturated carbocycles. The van der Waals surface area contributed by atoms with Crippen molar-refractivity contribution in [2.45, 2.75) is 20.8 Å². The first-order chi connectivity index (χ1) is 12.0. The highest BCUT2D eigenvalue weighted by Crippen LogP contribution is 2.21. The lowest BCUT2D eigenvalue weighted by Crippen LogP contribution is -2.21. The van der Waals surface area contributed by atoms with Crippen LogP contribution in [0.1, 0.15) is 17.0 Å². The number of carbonyl (C=O) groups excluding carboxylic acids is 1. The van der Waals surface area contributed by atoms with E-state index < -0.39 is 0 Å². The molecule has 0 atom stereocenters. The molecule has 1 amide bonds. The smallest absolute Gasteiger partial charge is 0.262 e. The molecule has 5 heteroatoms. The molecule has 1 N–H and O–H groups in total. The molecule has 0 spiro atoms. The van der Waals surface area contributed by atoms with E-state index in [9.17, 15) is 4.79 Å². The Morgan fingerprint density at radius 3 is 2.60 bits per heavy atom. The number of nitrogens with zero attached hydrogens (tertiary/aromatic N) is 2. The van der Waals surface area contributed by atoms with Gasteiger partial charge in [-0.3, -0.25) is 4.79 Å². The van der Waals surface area contributed by atoms with Gasteiger partial charge in [0.2, 0.25) is 0 Å². The van der Waals surface area contributed by atoms with Gasteiger partial charge in [-0.15, -0.1) is 0 Å². The number of hydrogen-bond donors (Lipinski definition) is 1. The van der Waals surface area contributed by atoms with Crippen LogP contribution in [-0.4, -0.2) is 22.3 Å². The van der Waals surface area contributed by atoms with Gasteiger partial charge >= 0.3 is 0 Å². The number of hydrogen-bond acceptors (Lipinski definition) is 3. The first-order valence-electron chi connectivity index (χ1n) is 8.15. The van der Waals surface area contributed by atoms with Gasteiger partial charge in [-0.2, -0.15) is 5.10 Å². The molecule has 0 bridgehead atoms. The van der Waals surface area contributed by atoms with Crippen LogP contribution in [0.25, 0.3) is 5.69 Å². The maximum atomic E-state index is 12.3. The Balaban J connectivity index is 1.72. The Morgan fingerprint density at radius 2 is 1.88 bits per heavy atom. The number of para-hydroxylation sites is 2. The highest BCUT2D eigenvalue weighted by Gasteiger charge is 2.11. The van der Waals surface area contributed by atoms with Crippen molar-refractivity contribution >= 4 is 11.6 Å². The largest absolute Gasteiger partial charge is 0.484 e. The van der Waals surface area contributed by atoms with Gasteiger partial charge in [-0.1, -0.05) is 24.3 Å². The maximum Gasteiger partial charge on any atom is 0.262 e. The zero-order valence-electron chi connectivity index (χ0n) is 14.6. The highest BCUT2D eigenvalue weighted by atomic mass is 16.5. The van der Waals surface area contributed by atoms with Gasteiger partial charge in [0.15, 0.2) is 6.61 Å². The molecule has 2 aromatic carbocycles. The van der Waals surface area contributed by atoms with E-state index in [1.807, 2.05) is 80.1 Å². The second-order valence-electron chi connectivity index (χ2n) is 6.01. The third-order valence-corrected chi connectivity index (χ3v) is 3.78. The van der Waals surface area contributed by atoms with Crippen LogP contribution < -0.4 is 10.1 Å². The van der Waals surface area contributed by atoms with Crippen LogP contribution >= 0.6 is 0 Å². The van der Waals surface area contributed by atoms with Crippen LogP contribution in [0, 0.1) is 20.8 Å². The SMILES string of the molecule is Cc1cccc(OCC(=O)Nc2ccccc2-n2nc(C)cc2C)c1. The summed E-state index contributed by atoms with van der Waals surface area (Å²) in [6.45, 7) is 5.87. The Hall–Kier alpha value is -3.08. The lowest BCUT2D eigenvalue weighted by Gasteiger charge is -2.13. The van der Waals surface area contributed by atoms with E-state index >= 15 is 0 Å². The van der Waals surface area contributed by atoms with Crippen molar-refractivity contribution in [1.29, 1.82) is 0 Å². The van der Waals surface area contributed by atoms with Gasteiger partial charge in [-0.05, 0) is 56.7 Å². The topological polar surface area (TPSA) is 56.1 Å². The van der Waals surface area contributed by atoms with Crippen LogP contribution in [0.3, 0.4) is 0 Å². The summed E-state index contributed by atoms with van der Waals surface area (Å²) < 4.78 is 7.39. The molecule has 0 aliphatic heterocycles. The molecule has 5 nitrogen and oxygen atoms in total. The molecule has 0 aliphatic rings. The molecule has 0 fully saturated rings. The van der Waals surface area contributed by atoms with Crippen molar-refractivity contribution < 1.29 is 9.53 Å². The molecule has 3 aromatic rings. The zero-order valence-corrected chi connectivity index (χ0v) is 14.6. The van der Waals surface area contributed by atoms with Crippen molar-refractivity contribution in [3.8, 4) is 11.4 Å². The predicted molar refractivity (Wildman–Crippen MR) is 98.3 cm³/mol. The summed E-state index contributed by atoms with van der Waals surface area (Å²) in [5.74, 6) is 0.470. The second kappa shape index (κ2) is 7.21. The third-order valence-electron chi connectivity index (χ3n) is 3.78. The number of ether oxygens (including phenoxy) is 1. The minimum atomic E-state index is -0.213. The number of anilines is 1. The summed E-state index contributed by atoms with van der Waals surface area (Å²) in [5, 5.41) is 7.39. The summed E-state index contributed by atoms with van der Waals surface area (Å²) >= 11 is 0. The highest BCUT2D eigenvalue weighted by molar-refractivity contribution is 5.93. The average Bonchev–Trinajstić information content (AvgIpc) is 2.92. The fraction of sp³-hybridized carbons (Fsp3) is 0.200. The van der Waals surface area contributed by atoms with Gasteiger partial charge in [-0.25, -0.2) is 4.68 Å². The minimum Gasteiger partial charge on any atom is -0.484 e. The van der Waals surface area contributed by atoms with Crippen molar-refractivity contribution in [2.75, 3.05) is 11.9 Å². The van der Waals surface area contributed by atoms with Gasteiger partial charge < -0.3 is 10.1 Å². The molecule has 3 rings (SSSR count). The summed E-state index contributed by atoms with van der Waals surface area (Å²) in [6, 6.07) is 17.2. The number of aromatic nitrogens is 2. The van der Waals surface area contributed by atoms with Gasteiger partial charge in [0.25, 0.3) is 5.91 Å². The van der Waals surface area contributed by atoms with Crippen LogP contribution in [0.5, 0.6) is 5.75 Å². The minimum absolute atomic E-state index is 0.0467. The predicted octanol–water partition coefficient (Wildman–Crippen LogP) is 3.82. The molecule has 1 aromatic heterocycles. The number of benzene rings is 2. The number of rotatable bonds is 5. The van der Waals surface area contributed by atoms with Crippen LogP contribution in [0.15, 0.2) is 54.6 Å². The summed E-state index contributed by atoms with van der Waals surface area (Å²) in [4.78, 5) is 12.3. The fourth-order valence-electron chi connectivity index (χ4n) is 2.68. The van der Waals surface area contributed by atoms with E-state index in [1.165, 1.54) is 0 Å². The first-order valence-corrected chi connectivity index (χ1v) is 8.15. The third kappa shape index (κ3) is 4.07. The normalized spacial score (nSPS) is 10.5. The monoisotopic (exact) mass is 335 g/mol. The Labute approximate surface area is 147 Å². The molecule has 0 saturated heterocycles. The van der Waals surface area contributed by atoms with Crippen LogP contribution in [-0.2, 0) is 4.79 Å². The molecule has 128 valence electrons. The molecular formula is C20H21N3O2. The Bertz CT molecular complexity index is 899. The van der Waals surface area contributed by atoms with E-state index in [0.29, 0.717) is 11.4 Å². The Kier molecular flexibility index (Phi) is 4.84. The number of amides is 1. The molecule has 0 radical (unpaired) electrons. The molecular weight excluding hydrogens is 314 g/mol. The molecule has 0 aliphatic carbocycles. The number of carbonyl (C=O) groups is 1. The van der Waals surface area contributed by atoms with Crippen molar-refractivity contribution in [2.24, 2.45) is 0 Å². The van der Waals surface area contributed by atoms with Crippen molar-refractivity contribution in [1.82, 2.24) is 9.78 Å². The van der Waals surface area contributed by atoms with Crippen molar-refractivity contribution in [3.05, 3.63) is 71.5 Å². The van der Waals surface area contributed by atoms with Gasteiger partial charge in [0.05, 0.1) is 17.1 Å². The molecule has 1 heterocycles. The first kappa shape index (κ1) is 16.8. The number of nitrogens with one attached hydrogen (secondary N) is 1. The lowest BCUT2D eigenvalue weighted by atomic mass is 10.2. The fourth-order valence-corrected chi connectivity index (χ4v) is 2.68. The van der Waals surface area contributed by atoms with Gasteiger partial charge in [0, 0.05) is 5.69 Å². The second-order valence-corrected chi connectivity index (χ2v) is 6.01. The van der Waals surface area contributed by atoms with E-state index in [0.717, 1.165) is 22.6 Å². The zero-order chi connectivity index (χ0) is 17.8. The molecule has 25 heavy (non-hydrogen) atoms. The van der Waals surface area contributed by atoms with Crippen LogP contribution in [0.4, 0.5) is 5.69 Å². The summed E-state index contributed by atoms with van der Waals surface area (Å²) in [5.41, 5.74) is 4.56. The standard InChI is InChI=1S/C20H21N3O2/c1-14-7-6-8-17(11-14)25-13-20(24)21-18-9-4-5-10-19(18)23-16(3)12-15(2)22-23/h4-12H,13H2,1-3H3,(H,21,24). The van der Waals surface area contributed by atoms with E-state index in [2.05, 4.69) is 10.4 Å². The number of aryl methyl sites for hydroxylation is 3. The summed E-state index contributed by atoms with van der Waals surface area (Å²) in [6.07, 6.45) is 0. The van der Waals surface area contributed by atoms with Crippen molar-refractivity contribution in [3.63, 3.8) is 0 Å². The average molecular weight is 335 g/mol. The summed E-state index contributed by atoms with van der Waals surface area (Å²) in [7, 11) is 0. The Morgan fingerprint density at radius 1 is 1.08 bits per heavy atom. The van der Waals surface area contributed by atoms with E-state index in [-0.39, 0.29) is 12.5 Å². The van der Waals surface area contributed by atoms with E-state index in [4.69, 9.17) is 4.74 Å². The van der Waals surface area contributed by atoms with E-state index in [1.54, 1.807) is 0 Å². The quantitative estimate of drug-likeness (QED) is 0.771. The maximum absolute atomic E-state index is 12.3. The van der Waals surface area contributed by atoms with Gasteiger partial charge in [0.1, 0.15) is 5.75 Å². The molecule has 0 unspecified atom stereocenters. The van der Waals surface area contributed by atoms with Crippen LogP contribution in [0.2, 0.25) is 0 Å². The lowest BCUT2D eigenvalue weighted by molar-refractivity contribution is -0.118.